The van der Waals surface area contributed by atoms with E-state index in [2.05, 4.69) is 46.5 Å². The van der Waals surface area contributed by atoms with Crippen molar-refractivity contribution in [1.29, 1.82) is 0 Å². The molecule has 0 amide bonds. The molecule has 1 N–H and O–H groups in total. The smallest absolute Gasteiger partial charge is 0.0807 e. The fraction of sp³-hybridized carbons (Fsp3) is 0.471. The highest BCUT2D eigenvalue weighted by atomic mass is 15.3. The Morgan fingerprint density at radius 1 is 1.15 bits per heavy atom. The van der Waals surface area contributed by atoms with Gasteiger partial charge in [-0.05, 0) is 36.7 Å². The third-order valence-corrected chi connectivity index (χ3v) is 4.79. The van der Waals surface area contributed by atoms with Crippen LogP contribution in [0.4, 0.5) is 0 Å². The van der Waals surface area contributed by atoms with E-state index in [9.17, 15) is 0 Å². The topological polar surface area (TPSA) is 29.9 Å². The fourth-order valence-electron chi connectivity index (χ4n) is 3.74. The lowest BCUT2D eigenvalue weighted by Gasteiger charge is -2.12. The van der Waals surface area contributed by atoms with Gasteiger partial charge in [0.25, 0.3) is 0 Å². The first-order valence-electron chi connectivity index (χ1n) is 7.69. The number of nitrogens with zero attached hydrogens (tertiary/aromatic N) is 2. The van der Waals surface area contributed by atoms with Gasteiger partial charge >= 0.3 is 0 Å². The summed E-state index contributed by atoms with van der Waals surface area (Å²) in [6.07, 6.45) is 6.22. The molecule has 1 aliphatic carbocycles. The molecule has 2 atom stereocenters. The van der Waals surface area contributed by atoms with Crippen molar-refractivity contribution in [3.05, 3.63) is 53.3 Å². The molecule has 1 fully saturated rings. The first-order chi connectivity index (χ1) is 9.88. The van der Waals surface area contributed by atoms with Crippen molar-refractivity contribution in [3.63, 3.8) is 0 Å². The summed E-state index contributed by atoms with van der Waals surface area (Å²) >= 11 is 0. The number of fused-ring (bicyclic) bond motifs is 1. The van der Waals surface area contributed by atoms with Crippen molar-refractivity contribution in [2.75, 3.05) is 0 Å². The van der Waals surface area contributed by atoms with Gasteiger partial charge in [-0.2, -0.15) is 5.10 Å². The summed E-state index contributed by atoms with van der Waals surface area (Å²) in [5, 5.41) is 8.05. The third-order valence-electron chi connectivity index (χ3n) is 4.79. The van der Waals surface area contributed by atoms with Gasteiger partial charge in [-0.25, -0.2) is 0 Å². The largest absolute Gasteiger partial charge is 0.307 e. The molecule has 1 aromatic carbocycles. The van der Waals surface area contributed by atoms with Crippen molar-refractivity contribution >= 4 is 0 Å². The minimum absolute atomic E-state index is 0.755. The van der Waals surface area contributed by atoms with Crippen LogP contribution in [0, 0.1) is 5.92 Å². The van der Waals surface area contributed by atoms with Crippen LogP contribution < -0.4 is 5.32 Å². The molecule has 2 heterocycles. The molecule has 3 heteroatoms. The van der Waals surface area contributed by atoms with Crippen LogP contribution in [0.3, 0.4) is 0 Å². The Labute approximate surface area is 120 Å². The summed E-state index contributed by atoms with van der Waals surface area (Å²) in [5.74, 6) is 1.54. The van der Waals surface area contributed by atoms with Crippen LogP contribution in [0.15, 0.2) is 36.5 Å². The zero-order chi connectivity index (χ0) is 13.4. The van der Waals surface area contributed by atoms with Crippen LogP contribution in [-0.2, 0) is 19.6 Å². The standard InChI is InChI=1S/C17H21N3/c1-2-4-14(5-3-1)15-7-6-13(8-15)11-20-12-16-9-18-10-17(16)19-20/h1-5,12-13,15,18H,6-11H2/t13-,15-/m1/s1. The number of hydrogen-bond acceptors (Lipinski definition) is 2. The van der Waals surface area contributed by atoms with Gasteiger partial charge in [0, 0.05) is 31.4 Å². The van der Waals surface area contributed by atoms with Crippen LogP contribution in [0.5, 0.6) is 0 Å². The zero-order valence-corrected chi connectivity index (χ0v) is 11.8. The van der Waals surface area contributed by atoms with Crippen LogP contribution in [-0.4, -0.2) is 9.78 Å². The molecule has 1 aliphatic heterocycles. The fourth-order valence-corrected chi connectivity index (χ4v) is 3.74. The summed E-state index contributed by atoms with van der Waals surface area (Å²) in [4.78, 5) is 0. The molecule has 2 aliphatic rings. The van der Waals surface area contributed by atoms with Crippen molar-refractivity contribution in [2.24, 2.45) is 5.92 Å². The van der Waals surface area contributed by atoms with E-state index in [0.717, 1.165) is 31.5 Å². The number of rotatable bonds is 3. The average Bonchev–Trinajstić information content (AvgIpc) is 3.16. The second-order valence-corrected chi connectivity index (χ2v) is 6.21. The number of nitrogens with one attached hydrogen (secondary N) is 1. The maximum atomic E-state index is 4.71. The molecule has 3 nitrogen and oxygen atoms in total. The Morgan fingerprint density at radius 3 is 2.90 bits per heavy atom. The Hall–Kier alpha value is -1.61. The first kappa shape index (κ1) is 12.2. The van der Waals surface area contributed by atoms with Crippen LogP contribution in [0.1, 0.15) is 42.0 Å². The molecular formula is C17H21N3. The molecular weight excluding hydrogens is 246 g/mol. The quantitative estimate of drug-likeness (QED) is 0.926. The molecule has 0 spiro atoms. The monoisotopic (exact) mass is 267 g/mol. The van der Waals surface area contributed by atoms with E-state index in [1.165, 1.54) is 36.1 Å². The van der Waals surface area contributed by atoms with E-state index >= 15 is 0 Å². The highest BCUT2D eigenvalue weighted by molar-refractivity contribution is 5.22. The Bertz CT molecular complexity index is 566. The second-order valence-electron chi connectivity index (χ2n) is 6.21. The van der Waals surface area contributed by atoms with E-state index in [1.54, 1.807) is 0 Å². The summed E-state index contributed by atoms with van der Waals surface area (Å²) in [6.45, 7) is 3.03. The van der Waals surface area contributed by atoms with Crippen molar-refractivity contribution in [3.8, 4) is 0 Å². The minimum Gasteiger partial charge on any atom is -0.307 e. The Balaban J connectivity index is 1.41. The van der Waals surface area contributed by atoms with E-state index in [1.807, 2.05) is 0 Å². The van der Waals surface area contributed by atoms with E-state index in [-0.39, 0.29) is 0 Å². The van der Waals surface area contributed by atoms with Crippen molar-refractivity contribution < 1.29 is 0 Å². The van der Waals surface area contributed by atoms with Crippen molar-refractivity contribution in [2.45, 2.75) is 44.8 Å². The first-order valence-corrected chi connectivity index (χ1v) is 7.69. The summed E-state index contributed by atoms with van der Waals surface area (Å²) in [5.41, 5.74) is 4.16. The SMILES string of the molecule is c1ccc([C@@H]2CC[C@@H](Cn3cc4c(n3)CNC4)C2)cc1. The highest BCUT2D eigenvalue weighted by Crippen LogP contribution is 2.38. The predicted molar refractivity (Wildman–Crippen MR) is 79.3 cm³/mol. The molecule has 0 saturated heterocycles. The van der Waals surface area contributed by atoms with E-state index in [0.29, 0.717) is 0 Å². The average molecular weight is 267 g/mol. The van der Waals surface area contributed by atoms with Crippen LogP contribution in [0.2, 0.25) is 0 Å². The number of hydrogen-bond donors (Lipinski definition) is 1. The molecule has 0 radical (unpaired) electrons. The predicted octanol–water partition coefficient (Wildman–Crippen LogP) is 3.07. The van der Waals surface area contributed by atoms with Crippen LogP contribution in [0.25, 0.3) is 0 Å². The lowest BCUT2D eigenvalue weighted by Crippen LogP contribution is -2.11. The molecule has 2 aromatic rings. The normalized spacial score (nSPS) is 25.0. The number of aromatic nitrogens is 2. The minimum atomic E-state index is 0.755. The Morgan fingerprint density at radius 2 is 2.05 bits per heavy atom. The van der Waals surface area contributed by atoms with Gasteiger partial charge in [-0.15, -0.1) is 0 Å². The molecule has 20 heavy (non-hydrogen) atoms. The molecule has 104 valence electrons. The van der Waals surface area contributed by atoms with Crippen LogP contribution >= 0.6 is 0 Å². The second kappa shape index (κ2) is 5.06. The number of benzene rings is 1. The van der Waals surface area contributed by atoms with Gasteiger partial charge in [0.1, 0.15) is 0 Å². The Kier molecular flexibility index (Phi) is 3.07. The maximum absolute atomic E-state index is 4.71. The van der Waals surface area contributed by atoms with Gasteiger partial charge in [-0.3, -0.25) is 4.68 Å². The van der Waals surface area contributed by atoms with E-state index < -0.39 is 0 Å². The summed E-state index contributed by atoms with van der Waals surface area (Å²) in [7, 11) is 0. The molecule has 4 rings (SSSR count). The van der Waals surface area contributed by atoms with Gasteiger partial charge in [0.05, 0.1) is 5.69 Å². The molecule has 1 aromatic heterocycles. The molecule has 1 saturated carbocycles. The summed E-state index contributed by atoms with van der Waals surface area (Å²) < 4.78 is 2.18. The summed E-state index contributed by atoms with van der Waals surface area (Å²) in [6, 6.07) is 11.0. The van der Waals surface area contributed by atoms with Gasteiger partial charge < -0.3 is 5.32 Å². The third kappa shape index (κ3) is 2.27. The molecule has 0 bridgehead atoms. The van der Waals surface area contributed by atoms with Gasteiger partial charge in [0.2, 0.25) is 0 Å². The van der Waals surface area contributed by atoms with E-state index in [4.69, 9.17) is 5.10 Å². The lowest BCUT2D eigenvalue weighted by atomic mass is 9.96. The maximum Gasteiger partial charge on any atom is 0.0807 e. The highest BCUT2D eigenvalue weighted by Gasteiger charge is 2.26. The lowest BCUT2D eigenvalue weighted by molar-refractivity contribution is 0.420. The zero-order valence-electron chi connectivity index (χ0n) is 11.8. The van der Waals surface area contributed by atoms with Gasteiger partial charge in [-0.1, -0.05) is 30.3 Å². The van der Waals surface area contributed by atoms with Crippen molar-refractivity contribution in [1.82, 2.24) is 15.1 Å². The van der Waals surface area contributed by atoms with Gasteiger partial charge in [0.15, 0.2) is 0 Å². The molecule has 0 unspecified atom stereocenters.